The summed E-state index contributed by atoms with van der Waals surface area (Å²) in [6, 6.07) is 11.7. The molecule has 300 valence electrons. The molecule has 3 aromatic rings. The van der Waals surface area contributed by atoms with Crippen LogP contribution in [0.2, 0.25) is 0 Å². The molecule has 0 radical (unpaired) electrons. The largest absolute Gasteiger partial charge is 0.388 e. The highest BCUT2D eigenvalue weighted by Crippen LogP contribution is 2.33. The summed E-state index contributed by atoms with van der Waals surface area (Å²) >= 11 is 1.41. The number of nitrogens with zero attached hydrogens (tertiary/aromatic N) is 4. The lowest BCUT2D eigenvalue weighted by atomic mass is 9.89. The molecular weight excluding hydrogens is 735 g/mol. The minimum Gasteiger partial charge on any atom is -0.388 e. The number of halogens is 2. The Morgan fingerprint density at radius 1 is 1.04 bits per heavy atom. The van der Waals surface area contributed by atoms with Crippen molar-refractivity contribution in [1.82, 2.24) is 30.5 Å². The molecule has 13 nitrogen and oxygen atoms in total. The first-order valence-electron chi connectivity index (χ1n) is 19.2. The van der Waals surface area contributed by atoms with E-state index in [1.807, 2.05) is 19.1 Å². The Labute approximate surface area is 324 Å². The molecule has 3 aliphatic rings. The topological polar surface area (TPSA) is 171 Å². The van der Waals surface area contributed by atoms with Gasteiger partial charge in [-0.1, -0.05) is 37.1 Å². The first-order valence-corrected chi connectivity index (χ1v) is 20.1. The Hall–Kier alpha value is -3.51. The van der Waals surface area contributed by atoms with Crippen LogP contribution >= 0.6 is 11.8 Å². The standard InChI is InChI=1S/C39H52F2N6O7S/c1-24(55-29-11-9-26(10-12-29)39(52)46-17-19-53-20-18-46)33(43-38(51)30-13-8-25(14-16-42-30)5-2-3-15-40)37-36(50)35(49)34(48)32(54-37)23-47-22-31(44-45-47)27-6-4-7-28(41)21-27/h4,6-7,9-12,21-22,24-25,30,32-37,42,48-50H,2-3,5,8,13-20,23H2,1H3,(H,43,51)/t24?,25-,30-,32?,33+,34-,35?,36?,37+/m0/s1. The number of nitrogens with one attached hydrogen (secondary N) is 2. The maximum Gasteiger partial charge on any atom is 0.254 e. The second-order valence-corrected chi connectivity index (χ2v) is 16.1. The molecule has 2 aromatic carbocycles. The van der Waals surface area contributed by atoms with Gasteiger partial charge in [0.05, 0.1) is 44.7 Å². The molecule has 55 heavy (non-hydrogen) atoms. The van der Waals surface area contributed by atoms with Gasteiger partial charge in [0, 0.05) is 34.4 Å². The van der Waals surface area contributed by atoms with Crippen molar-refractivity contribution in [2.45, 2.75) is 105 Å². The van der Waals surface area contributed by atoms with Crippen molar-refractivity contribution in [3.63, 3.8) is 0 Å². The predicted molar refractivity (Wildman–Crippen MR) is 201 cm³/mol. The van der Waals surface area contributed by atoms with Crippen molar-refractivity contribution in [2.24, 2.45) is 5.92 Å². The van der Waals surface area contributed by atoms with Crippen LogP contribution in [0, 0.1) is 11.7 Å². The van der Waals surface area contributed by atoms with Crippen LogP contribution in [0.1, 0.15) is 55.8 Å². The Morgan fingerprint density at radius 3 is 2.56 bits per heavy atom. The zero-order valence-electron chi connectivity index (χ0n) is 31.0. The monoisotopic (exact) mass is 786 g/mol. The molecule has 0 bridgehead atoms. The molecule has 4 unspecified atom stereocenters. The number of unbranched alkanes of at least 4 members (excludes halogenated alkanes) is 1. The van der Waals surface area contributed by atoms with Crippen LogP contribution in [0.25, 0.3) is 11.3 Å². The molecule has 3 aliphatic heterocycles. The summed E-state index contributed by atoms with van der Waals surface area (Å²) in [5.41, 5.74) is 1.45. The van der Waals surface area contributed by atoms with E-state index >= 15 is 0 Å². The summed E-state index contributed by atoms with van der Waals surface area (Å²) in [4.78, 5) is 29.6. The number of carbonyl (C=O) groups excluding carboxylic acids is 2. The summed E-state index contributed by atoms with van der Waals surface area (Å²) in [6.07, 6.45) is -0.778. The molecule has 16 heteroatoms. The number of ether oxygens (including phenoxy) is 2. The average molecular weight is 787 g/mol. The van der Waals surface area contributed by atoms with Crippen molar-refractivity contribution >= 4 is 23.6 Å². The number of amides is 2. The smallest absolute Gasteiger partial charge is 0.254 e. The molecule has 3 fully saturated rings. The second-order valence-electron chi connectivity index (χ2n) is 14.7. The lowest BCUT2D eigenvalue weighted by molar-refractivity contribution is -0.231. The zero-order chi connectivity index (χ0) is 38.9. The third-order valence-corrected chi connectivity index (χ3v) is 12.0. The molecule has 1 aromatic heterocycles. The van der Waals surface area contributed by atoms with Crippen molar-refractivity contribution in [3.8, 4) is 11.3 Å². The first-order chi connectivity index (χ1) is 26.6. The van der Waals surface area contributed by atoms with E-state index < -0.39 is 53.7 Å². The Balaban J connectivity index is 1.19. The van der Waals surface area contributed by atoms with E-state index in [1.54, 1.807) is 35.4 Å². The van der Waals surface area contributed by atoms with Gasteiger partial charge in [-0.05, 0) is 74.5 Å². The number of rotatable bonds is 14. The SMILES string of the molecule is CC(Sc1ccc(C(=O)N2CCOCC2)cc1)[C@@H](NC(=O)[C@@H]1CC[C@H](CCCCF)CCN1)[C@H]1OC(Cn2cc(-c3cccc(F)c3)nn2)[C@H](O)C(O)C1O. The fourth-order valence-corrected chi connectivity index (χ4v) is 8.67. The van der Waals surface area contributed by atoms with Crippen molar-refractivity contribution in [2.75, 3.05) is 39.5 Å². The minimum atomic E-state index is -1.61. The van der Waals surface area contributed by atoms with Gasteiger partial charge in [0.15, 0.2) is 0 Å². The number of carbonyl (C=O) groups is 2. The molecule has 0 spiro atoms. The van der Waals surface area contributed by atoms with E-state index in [1.165, 1.54) is 28.6 Å². The van der Waals surface area contributed by atoms with Gasteiger partial charge in [0.1, 0.15) is 42.0 Å². The lowest BCUT2D eigenvalue weighted by Gasteiger charge is -2.45. The summed E-state index contributed by atoms with van der Waals surface area (Å²) < 4.78 is 39.8. The highest BCUT2D eigenvalue weighted by atomic mass is 32.2. The van der Waals surface area contributed by atoms with Crippen LogP contribution in [-0.2, 0) is 20.8 Å². The van der Waals surface area contributed by atoms with Gasteiger partial charge >= 0.3 is 0 Å². The molecule has 2 amide bonds. The van der Waals surface area contributed by atoms with Crippen molar-refractivity contribution in [3.05, 3.63) is 66.1 Å². The van der Waals surface area contributed by atoms with E-state index in [0.717, 1.165) is 30.6 Å². The van der Waals surface area contributed by atoms with E-state index in [9.17, 15) is 33.7 Å². The average Bonchev–Trinajstić information content (AvgIpc) is 3.54. The van der Waals surface area contributed by atoms with Gasteiger partial charge in [-0.25, -0.2) is 9.07 Å². The van der Waals surface area contributed by atoms with E-state index in [4.69, 9.17) is 9.47 Å². The van der Waals surface area contributed by atoms with Crippen LogP contribution in [0.15, 0.2) is 59.6 Å². The Morgan fingerprint density at radius 2 is 1.82 bits per heavy atom. The van der Waals surface area contributed by atoms with E-state index in [2.05, 4.69) is 20.9 Å². The molecule has 9 atom stereocenters. The van der Waals surface area contributed by atoms with Gasteiger partial charge in [0.2, 0.25) is 5.91 Å². The third-order valence-electron chi connectivity index (χ3n) is 10.8. The number of aliphatic hydroxyl groups is 3. The predicted octanol–water partition coefficient (Wildman–Crippen LogP) is 2.97. The molecular formula is C39H52F2N6O7S. The minimum absolute atomic E-state index is 0.0570. The molecule has 0 aliphatic carbocycles. The molecule has 4 heterocycles. The van der Waals surface area contributed by atoms with Gasteiger partial charge in [-0.2, -0.15) is 0 Å². The fraction of sp³-hybridized carbons (Fsp3) is 0.590. The summed E-state index contributed by atoms with van der Waals surface area (Å²) in [6.45, 7) is 4.18. The number of aliphatic hydroxyl groups excluding tert-OH is 3. The number of hydrogen-bond acceptors (Lipinski definition) is 11. The quantitative estimate of drug-likeness (QED) is 0.120. The van der Waals surface area contributed by atoms with Crippen LogP contribution < -0.4 is 10.6 Å². The number of benzene rings is 2. The summed E-state index contributed by atoms with van der Waals surface area (Å²) in [5.74, 6) is -0.397. The van der Waals surface area contributed by atoms with E-state index in [-0.39, 0.29) is 25.0 Å². The van der Waals surface area contributed by atoms with Gasteiger partial charge < -0.3 is 40.3 Å². The van der Waals surface area contributed by atoms with Gasteiger partial charge in [0.25, 0.3) is 5.91 Å². The molecule has 5 N–H and O–H groups in total. The van der Waals surface area contributed by atoms with Gasteiger partial charge in [-0.3, -0.25) is 14.0 Å². The number of alkyl halides is 1. The molecule has 3 saturated heterocycles. The van der Waals surface area contributed by atoms with Gasteiger partial charge in [-0.15, -0.1) is 16.9 Å². The molecule has 0 saturated carbocycles. The van der Waals surface area contributed by atoms with E-state index in [0.29, 0.717) is 68.4 Å². The summed E-state index contributed by atoms with van der Waals surface area (Å²) in [5, 5.41) is 48.0. The second kappa shape index (κ2) is 19.6. The number of aromatic nitrogens is 3. The van der Waals surface area contributed by atoms with Crippen LogP contribution in [-0.4, -0.2) is 134 Å². The normalized spacial score (nSPS) is 27.2. The maximum atomic E-state index is 14.0. The Kier molecular flexibility index (Phi) is 14.6. The fourth-order valence-electron chi connectivity index (χ4n) is 7.57. The number of hydrogen-bond donors (Lipinski definition) is 5. The van der Waals surface area contributed by atoms with Crippen LogP contribution in [0.4, 0.5) is 8.78 Å². The molecule has 6 rings (SSSR count). The van der Waals surface area contributed by atoms with Crippen LogP contribution in [0.3, 0.4) is 0 Å². The number of morpholine rings is 1. The first kappa shape index (κ1) is 41.1. The lowest BCUT2D eigenvalue weighted by Crippen LogP contribution is -2.66. The van der Waals surface area contributed by atoms with Crippen molar-refractivity contribution < 1.29 is 43.2 Å². The Bertz CT molecular complexity index is 1700. The maximum absolute atomic E-state index is 14.0. The summed E-state index contributed by atoms with van der Waals surface area (Å²) in [7, 11) is 0. The van der Waals surface area contributed by atoms with Crippen molar-refractivity contribution in [1.29, 1.82) is 0 Å². The highest BCUT2D eigenvalue weighted by Gasteiger charge is 2.49. The number of thioether (sulfide) groups is 1. The zero-order valence-corrected chi connectivity index (χ0v) is 31.8. The third kappa shape index (κ3) is 10.7. The van der Waals surface area contributed by atoms with Crippen LogP contribution in [0.5, 0.6) is 0 Å². The highest BCUT2D eigenvalue weighted by molar-refractivity contribution is 8.00.